The summed E-state index contributed by atoms with van der Waals surface area (Å²) in [4.78, 5) is 6.68. The molecule has 0 saturated carbocycles. The van der Waals surface area contributed by atoms with Gasteiger partial charge in [-0.1, -0.05) is 0 Å². The van der Waals surface area contributed by atoms with Gasteiger partial charge in [0.2, 0.25) is 0 Å². The van der Waals surface area contributed by atoms with E-state index < -0.39 is 0 Å². The first-order valence-corrected chi connectivity index (χ1v) is 6.43. The summed E-state index contributed by atoms with van der Waals surface area (Å²) in [5.74, 6) is 5.91. The third-order valence-corrected chi connectivity index (χ3v) is 3.95. The molecule has 2 atom stereocenters. The van der Waals surface area contributed by atoms with E-state index in [1.807, 2.05) is 11.2 Å². The largest absolute Gasteiger partial charge is 0.363 e. The molecule has 0 aliphatic carbocycles. The Morgan fingerprint density at radius 1 is 1.31 bits per heavy atom. The maximum Gasteiger partial charge on any atom is 0.108 e. The summed E-state index contributed by atoms with van der Waals surface area (Å²) in [7, 11) is 0. The molecule has 0 radical (unpaired) electrons. The Kier molecular flexibility index (Phi) is 2.61. The molecule has 0 spiro atoms. The molecule has 16 heavy (non-hydrogen) atoms. The molecule has 0 amide bonds. The standard InChI is InChI=1S/C11H15BrN4/c12-11-5-8(3-4-14-11)16-9-1-2-10(16)7-15(13)6-9/h3-5,9-10H,1-2,6-7,13H2. The number of nitrogens with zero attached hydrogens (tertiary/aromatic N) is 3. The van der Waals surface area contributed by atoms with E-state index in [2.05, 4.69) is 37.9 Å². The first-order chi connectivity index (χ1) is 7.74. The summed E-state index contributed by atoms with van der Waals surface area (Å²) >= 11 is 3.43. The van der Waals surface area contributed by atoms with Gasteiger partial charge in [-0.3, -0.25) is 5.84 Å². The fraction of sp³-hybridized carbons (Fsp3) is 0.545. The summed E-state index contributed by atoms with van der Waals surface area (Å²) in [5, 5.41) is 1.95. The van der Waals surface area contributed by atoms with E-state index in [1.54, 1.807) is 0 Å². The van der Waals surface area contributed by atoms with Gasteiger partial charge in [0.15, 0.2) is 0 Å². The van der Waals surface area contributed by atoms with Crippen molar-refractivity contribution in [2.75, 3.05) is 18.0 Å². The van der Waals surface area contributed by atoms with Crippen molar-refractivity contribution in [3.63, 3.8) is 0 Å². The van der Waals surface area contributed by atoms with Gasteiger partial charge in [0.05, 0.1) is 0 Å². The molecule has 2 aliphatic heterocycles. The molecule has 0 aromatic carbocycles. The number of rotatable bonds is 1. The Hall–Kier alpha value is -0.650. The van der Waals surface area contributed by atoms with Gasteiger partial charge in [0.25, 0.3) is 0 Å². The number of hydrazine groups is 1. The van der Waals surface area contributed by atoms with Crippen LogP contribution in [0.25, 0.3) is 0 Å². The lowest BCUT2D eigenvalue weighted by Crippen LogP contribution is -2.56. The third kappa shape index (κ3) is 1.73. The number of fused-ring (bicyclic) bond motifs is 2. The van der Waals surface area contributed by atoms with Crippen molar-refractivity contribution in [1.29, 1.82) is 0 Å². The van der Waals surface area contributed by atoms with Crippen LogP contribution in [0.3, 0.4) is 0 Å². The SMILES string of the molecule is NN1CC2CCC(C1)N2c1ccnc(Br)c1. The third-order valence-electron chi connectivity index (χ3n) is 3.52. The van der Waals surface area contributed by atoms with Crippen molar-refractivity contribution in [1.82, 2.24) is 9.99 Å². The molecular weight excluding hydrogens is 268 g/mol. The lowest BCUT2D eigenvalue weighted by atomic mass is 10.2. The molecule has 2 N–H and O–H groups in total. The zero-order valence-electron chi connectivity index (χ0n) is 9.01. The molecule has 2 fully saturated rings. The maximum absolute atomic E-state index is 5.91. The predicted molar refractivity (Wildman–Crippen MR) is 67.0 cm³/mol. The highest BCUT2D eigenvalue weighted by atomic mass is 79.9. The Labute approximate surface area is 104 Å². The highest BCUT2D eigenvalue weighted by Gasteiger charge is 2.39. The molecule has 4 nitrogen and oxygen atoms in total. The molecule has 1 aromatic rings. The fourth-order valence-corrected chi connectivity index (χ4v) is 3.26. The fourth-order valence-electron chi connectivity index (χ4n) is 2.91. The number of piperazine rings is 1. The van der Waals surface area contributed by atoms with E-state index in [-0.39, 0.29) is 0 Å². The Balaban J connectivity index is 1.91. The van der Waals surface area contributed by atoms with Crippen molar-refractivity contribution in [3.05, 3.63) is 22.9 Å². The van der Waals surface area contributed by atoms with E-state index in [1.165, 1.54) is 18.5 Å². The molecule has 1 aromatic heterocycles. The molecule has 3 heterocycles. The van der Waals surface area contributed by atoms with Gasteiger partial charge in [-0.25, -0.2) is 9.99 Å². The zero-order chi connectivity index (χ0) is 11.1. The number of hydrogen-bond acceptors (Lipinski definition) is 4. The summed E-state index contributed by atoms with van der Waals surface area (Å²) in [6, 6.07) is 5.32. The molecule has 2 bridgehead atoms. The molecule has 2 unspecified atom stereocenters. The summed E-state index contributed by atoms with van der Waals surface area (Å²) in [6.07, 6.45) is 4.35. The van der Waals surface area contributed by atoms with Crippen LogP contribution in [0.2, 0.25) is 0 Å². The first-order valence-electron chi connectivity index (χ1n) is 5.63. The van der Waals surface area contributed by atoms with Crippen molar-refractivity contribution in [2.24, 2.45) is 5.84 Å². The van der Waals surface area contributed by atoms with Crippen LogP contribution in [0, 0.1) is 0 Å². The molecule has 3 rings (SSSR count). The smallest absolute Gasteiger partial charge is 0.108 e. The number of aromatic nitrogens is 1. The number of halogens is 1. The topological polar surface area (TPSA) is 45.4 Å². The Bertz CT molecular complexity index is 383. The minimum atomic E-state index is 0.568. The van der Waals surface area contributed by atoms with Crippen LogP contribution in [0.1, 0.15) is 12.8 Å². The minimum Gasteiger partial charge on any atom is -0.363 e. The first kappa shape index (κ1) is 10.5. The van der Waals surface area contributed by atoms with Crippen LogP contribution in [0.5, 0.6) is 0 Å². The van der Waals surface area contributed by atoms with Gasteiger partial charge in [-0.2, -0.15) is 0 Å². The quantitative estimate of drug-likeness (QED) is 0.624. The van der Waals surface area contributed by atoms with Crippen LogP contribution >= 0.6 is 15.9 Å². The summed E-state index contributed by atoms with van der Waals surface area (Å²) in [5.41, 5.74) is 1.27. The van der Waals surface area contributed by atoms with Crippen LogP contribution in [0.4, 0.5) is 5.69 Å². The number of hydrogen-bond donors (Lipinski definition) is 1. The Morgan fingerprint density at radius 3 is 2.62 bits per heavy atom. The van der Waals surface area contributed by atoms with Gasteiger partial charge in [-0.15, -0.1) is 0 Å². The van der Waals surface area contributed by atoms with Crippen molar-refractivity contribution < 1.29 is 0 Å². The lowest BCUT2D eigenvalue weighted by Gasteiger charge is -2.40. The van der Waals surface area contributed by atoms with Gasteiger partial charge < -0.3 is 4.90 Å². The average Bonchev–Trinajstić information content (AvgIpc) is 2.51. The predicted octanol–water partition coefficient (Wildman–Crippen LogP) is 1.37. The van der Waals surface area contributed by atoms with Crippen LogP contribution in [-0.2, 0) is 0 Å². The number of pyridine rings is 1. The van der Waals surface area contributed by atoms with Crippen molar-refractivity contribution in [3.8, 4) is 0 Å². The molecule has 2 saturated heterocycles. The van der Waals surface area contributed by atoms with Gasteiger partial charge in [-0.05, 0) is 40.9 Å². The number of anilines is 1. The van der Waals surface area contributed by atoms with Gasteiger partial charge in [0.1, 0.15) is 4.60 Å². The molecular formula is C11H15BrN4. The monoisotopic (exact) mass is 282 g/mol. The van der Waals surface area contributed by atoms with Crippen LogP contribution in [0.15, 0.2) is 22.9 Å². The van der Waals surface area contributed by atoms with E-state index in [4.69, 9.17) is 5.84 Å². The second kappa shape index (κ2) is 3.98. The highest BCUT2D eigenvalue weighted by Crippen LogP contribution is 2.34. The van der Waals surface area contributed by atoms with E-state index in [9.17, 15) is 0 Å². The van der Waals surface area contributed by atoms with Crippen molar-refractivity contribution in [2.45, 2.75) is 24.9 Å². The van der Waals surface area contributed by atoms with Crippen LogP contribution in [-0.4, -0.2) is 35.2 Å². The van der Waals surface area contributed by atoms with Crippen molar-refractivity contribution >= 4 is 21.6 Å². The lowest BCUT2D eigenvalue weighted by molar-refractivity contribution is 0.225. The van der Waals surface area contributed by atoms with Gasteiger partial charge in [0, 0.05) is 37.1 Å². The van der Waals surface area contributed by atoms with E-state index in [0.29, 0.717) is 12.1 Å². The van der Waals surface area contributed by atoms with E-state index >= 15 is 0 Å². The zero-order valence-corrected chi connectivity index (χ0v) is 10.6. The van der Waals surface area contributed by atoms with Crippen LogP contribution < -0.4 is 10.7 Å². The second-order valence-electron chi connectivity index (χ2n) is 4.58. The minimum absolute atomic E-state index is 0.568. The summed E-state index contributed by atoms with van der Waals surface area (Å²) in [6.45, 7) is 1.94. The van der Waals surface area contributed by atoms with Gasteiger partial charge >= 0.3 is 0 Å². The maximum atomic E-state index is 5.91. The van der Waals surface area contributed by atoms with E-state index in [0.717, 1.165) is 17.7 Å². The molecule has 5 heteroatoms. The number of nitrogens with two attached hydrogens (primary N) is 1. The highest BCUT2D eigenvalue weighted by molar-refractivity contribution is 9.10. The second-order valence-corrected chi connectivity index (χ2v) is 5.40. The summed E-state index contributed by atoms with van der Waals surface area (Å²) < 4.78 is 0.902. The molecule has 86 valence electrons. The Morgan fingerprint density at radius 2 is 2.00 bits per heavy atom. The molecule has 2 aliphatic rings. The normalized spacial score (nSPS) is 29.8. The average molecular weight is 283 g/mol.